The first-order valence-electron chi connectivity index (χ1n) is 9.66. The second-order valence-electron chi connectivity index (χ2n) is 7.02. The Hall–Kier alpha value is -3.68. The summed E-state index contributed by atoms with van der Waals surface area (Å²) in [5, 5.41) is 5.43. The van der Waals surface area contributed by atoms with E-state index in [4.69, 9.17) is 4.74 Å². The zero-order chi connectivity index (χ0) is 21.7. The van der Waals surface area contributed by atoms with E-state index in [-0.39, 0.29) is 10.8 Å². The predicted molar refractivity (Wildman–Crippen MR) is 114 cm³/mol. The van der Waals surface area contributed by atoms with E-state index in [1.54, 1.807) is 24.3 Å². The first-order valence-corrected chi connectivity index (χ1v) is 9.66. The molecule has 1 aromatic heterocycles. The molecule has 1 amide bonds. The fraction of sp³-hybridized carbons (Fsp3) is 0.273. The van der Waals surface area contributed by atoms with Gasteiger partial charge in [0.2, 0.25) is 0 Å². The van der Waals surface area contributed by atoms with E-state index in [1.165, 1.54) is 17.7 Å². The van der Waals surface area contributed by atoms with Crippen LogP contribution in [0.25, 0.3) is 10.8 Å². The van der Waals surface area contributed by atoms with Crippen LogP contribution in [0.2, 0.25) is 0 Å². The van der Waals surface area contributed by atoms with Crippen molar-refractivity contribution < 1.29 is 14.3 Å². The van der Waals surface area contributed by atoms with Gasteiger partial charge in [0, 0.05) is 5.69 Å². The van der Waals surface area contributed by atoms with Crippen molar-refractivity contribution in [2.45, 2.75) is 32.7 Å². The average molecular weight is 409 g/mol. The molecule has 3 aromatic rings. The summed E-state index contributed by atoms with van der Waals surface area (Å²) in [7, 11) is 0. The number of nitrogens with one attached hydrogen (secondary N) is 2. The molecule has 8 heteroatoms. The molecule has 2 aromatic carbocycles. The Bertz CT molecular complexity index is 1180. The number of esters is 1. The molecule has 0 unspecified atom stereocenters. The lowest BCUT2D eigenvalue weighted by molar-refractivity contribution is -0.148. The maximum absolute atomic E-state index is 12.4. The van der Waals surface area contributed by atoms with E-state index < -0.39 is 36.1 Å². The molecule has 0 radical (unpaired) electrons. The molecule has 0 aliphatic carbocycles. The highest BCUT2D eigenvalue weighted by Crippen LogP contribution is 2.20. The number of aromatic amines is 1. The van der Waals surface area contributed by atoms with Crippen molar-refractivity contribution in [3.8, 4) is 0 Å². The number of anilines is 1. The molecule has 0 saturated heterocycles. The number of aromatic nitrogens is 2. The Morgan fingerprint density at radius 3 is 2.40 bits per heavy atom. The highest BCUT2D eigenvalue weighted by molar-refractivity contribution is 5.92. The molecular formula is C22H23N3O5. The molecule has 0 aliphatic heterocycles. The molecule has 1 atom stereocenters. The normalized spacial score (nSPS) is 11.8. The topological polar surface area (TPSA) is 110 Å². The summed E-state index contributed by atoms with van der Waals surface area (Å²) >= 11 is 0. The Morgan fingerprint density at radius 1 is 1.07 bits per heavy atom. The summed E-state index contributed by atoms with van der Waals surface area (Å²) in [4.78, 5) is 48.5. The van der Waals surface area contributed by atoms with Gasteiger partial charge in [-0.3, -0.25) is 24.3 Å². The van der Waals surface area contributed by atoms with E-state index in [2.05, 4.69) is 24.3 Å². The number of fused-ring (bicyclic) bond motifs is 1. The van der Waals surface area contributed by atoms with Gasteiger partial charge in [-0.05, 0) is 42.2 Å². The minimum atomic E-state index is -0.815. The molecule has 1 heterocycles. The minimum Gasteiger partial charge on any atom is -0.454 e. The van der Waals surface area contributed by atoms with Crippen molar-refractivity contribution in [3.05, 3.63) is 74.8 Å². The lowest BCUT2D eigenvalue weighted by atomic mass is 9.99. The number of carbonyl (C=O) groups excluding carboxylic acids is 2. The van der Waals surface area contributed by atoms with Crippen LogP contribution < -0.4 is 16.4 Å². The lowest BCUT2D eigenvalue weighted by Crippen LogP contribution is -2.33. The van der Waals surface area contributed by atoms with Gasteiger partial charge in [-0.15, -0.1) is 0 Å². The van der Waals surface area contributed by atoms with Crippen molar-refractivity contribution in [2.24, 2.45) is 0 Å². The molecule has 3 rings (SSSR count). The number of H-pyrrole nitrogens is 1. The smallest absolute Gasteiger partial charge is 0.328 e. The highest BCUT2D eigenvalue weighted by atomic mass is 16.5. The van der Waals surface area contributed by atoms with Crippen LogP contribution in [0.15, 0.2) is 58.1 Å². The summed E-state index contributed by atoms with van der Waals surface area (Å²) in [5.41, 5.74) is 0.763. The molecule has 8 nitrogen and oxygen atoms in total. The van der Waals surface area contributed by atoms with Gasteiger partial charge in [0.25, 0.3) is 17.0 Å². The number of ether oxygens (including phenoxy) is 1. The maximum Gasteiger partial charge on any atom is 0.328 e. The molecule has 0 saturated carbocycles. The van der Waals surface area contributed by atoms with Crippen LogP contribution in [0.4, 0.5) is 5.69 Å². The van der Waals surface area contributed by atoms with Crippen molar-refractivity contribution in [1.82, 2.24) is 9.78 Å². The van der Waals surface area contributed by atoms with E-state index >= 15 is 0 Å². The first kappa shape index (κ1) is 21.0. The van der Waals surface area contributed by atoms with Gasteiger partial charge in [-0.1, -0.05) is 38.1 Å². The van der Waals surface area contributed by atoms with Gasteiger partial charge in [0.1, 0.15) is 6.54 Å². The standard InChI is InChI=1S/C22H23N3O5/c1-3-14(2)15-8-10-16(11-9-15)23-19(26)13-30-20(27)12-25-22(29)18-7-5-4-6-17(18)21(28)24-25/h4-11,14H,3,12-13H2,1-2H3,(H,23,26)(H,24,28)/t14-/m1/s1. The van der Waals surface area contributed by atoms with E-state index in [9.17, 15) is 19.2 Å². The molecule has 30 heavy (non-hydrogen) atoms. The molecule has 0 fully saturated rings. The number of benzene rings is 2. The number of hydrogen-bond acceptors (Lipinski definition) is 5. The van der Waals surface area contributed by atoms with Gasteiger partial charge < -0.3 is 10.1 Å². The largest absolute Gasteiger partial charge is 0.454 e. The van der Waals surface area contributed by atoms with Gasteiger partial charge in [0.05, 0.1) is 10.8 Å². The molecule has 156 valence electrons. The number of rotatable bonds is 7. The van der Waals surface area contributed by atoms with Gasteiger partial charge in [-0.25, -0.2) is 4.68 Å². The summed E-state index contributed by atoms with van der Waals surface area (Å²) in [6, 6.07) is 13.8. The Labute approximate surface area is 172 Å². The van der Waals surface area contributed by atoms with Crippen molar-refractivity contribution >= 4 is 28.3 Å². The van der Waals surface area contributed by atoms with Crippen LogP contribution in [-0.4, -0.2) is 28.3 Å². The number of amides is 1. The Balaban J connectivity index is 1.58. The minimum absolute atomic E-state index is 0.202. The van der Waals surface area contributed by atoms with Crippen LogP contribution in [0.1, 0.15) is 31.7 Å². The van der Waals surface area contributed by atoms with Crippen molar-refractivity contribution in [2.75, 3.05) is 11.9 Å². The third kappa shape index (κ3) is 4.83. The van der Waals surface area contributed by atoms with Crippen LogP contribution >= 0.6 is 0 Å². The third-order valence-corrected chi connectivity index (χ3v) is 4.91. The van der Waals surface area contributed by atoms with E-state index in [0.717, 1.165) is 11.1 Å². The quantitative estimate of drug-likeness (QED) is 0.582. The van der Waals surface area contributed by atoms with Gasteiger partial charge in [-0.2, -0.15) is 0 Å². The van der Waals surface area contributed by atoms with Crippen molar-refractivity contribution in [1.29, 1.82) is 0 Å². The molecular weight excluding hydrogens is 386 g/mol. The Kier molecular flexibility index (Phi) is 6.46. The second kappa shape index (κ2) is 9.21. The number of hydrogen-bond donors (Lipinski definition) is 2. The number of carbonyl (C=O) groups is 2. The van der Waals surface area contributed by atoms with Gasteiger partial charge in [0.15, 0.2) is 6.61 Å². The zero-order valence-corrected chi connectivity index (χ0v) is 16.8. The lowest BCUT2D eigenvalue weighted by Gasteiger charge is -2.11. The van der Waals surface area contributed by atoms with Crippen LogP contribution in [0.3, 0.4) is 0 Å². The SMILES string of the molecule is CC[C@@H](C)c1ccc(NC(=O)COC(=O)Cn2[nH]c(=O)c3ccccc3c2=O)cc1. The Morgan fingerprint density at radius 2 is 1.73 bits per heavy atom. The summed E-state index contributed by atoms with van der Waals surface area (Å²) in [6.07, 6.45) is 1.02. The molecule has 0 spiro atoms. The van der Waals surface area contributed by atoms with Crippen LogP contribution in [0.5, 0.6) is 0 Å². The average Bonchev–Trinajstić information content (AvgIpc) is 2.76. The van der Waals surface area contributed by atoms with Crippen molar-refractivity contribution in [3.63, 3.8) is 0 Å². The van der Waals surface area contributed by atoms with Crippen LogP contribution in [-0.2, 0) is 20.9 Å². The monoisotopic (exact) mass is 409 g/mol. The molecule has 0 bridgehead atoms. The highest BCUT2D eigenvalue weighted by Gasteiger charge is 2.13. The summed E-state index contributed by atoms with van der Waals surface area (Å²) in [5.74, 6) is -0.884. The molecule has 0 aliphatic rings. The number of nitrogens with zero attached hydrogens (tertiary/aromatic N) is 1. The fourth-order valence-corrected chi connectivity index (χ4v) is 3.01. The summed E-state index contributed by atoms with van der Waals surface area (Å²) < 4.78 is 5.81. The summed E-state index contributed by atoms with van der Waals surface area (Å²) in [6.45, 7) is 3.23. The second-order valence-corrected chi connectivity index (χ2v) is 7.02. The predicted octanol–water partition coefficient (Wildman–Crippen LogP) is 2.39. The zero-order valence-electron chi connectivity index (χ0n) is 16.8. The maximum atomic E-state index is 12.4. The van der Waals surface area contributed by atoms with Crippen LogP contribution in [0, 0.1) is 0 Å². The third-order valence-electron chi connectivity index (χ3n) is 4.91. The van der Waals surface area contributed by atoms with E-state index in [1.807, 2.05) is 12.1 Å². The first-order chi connectivity index (χ1) is 14.4. The fourth-order valence-electron chi connectivity index (χ4n) is 3.01. The van der Waals surface area contributed by atoms with E-state index in [0.29, 0.717) is 11.6 Å². The van der Waals surface area contributed by atoms with Gasteiger partial charge >= 0.3 is 5.97 Å². The molecule has 2 N–H and O–H groups in total.